The molecular formula is C19H17BrO2. The number of hydrogen-bond acceptors (Lipinski definition) is 2. The minimum atomic E-state index is 0.550. The molecule has 3 aromatic carbocycles. The van der Waals surface area contributed by atoms with E-state index in [2.05, 4.69) is 41.1 Å². The Morgan fingerprint density at radius 1 is 0.909 bits per heavy atom. The van der Waals surface area contributed by atoms with Gasteiger partial charge in [-0.25, -0.2) is 0 Å². The zero-order valence-electron chi connectivity index (χ0n) is 12.6. The van der Waals surface area contributed by atoms with Crippen LogP contribution in [0.5, 0.6) is 11.5 Å². The van der Waals surface area contributed by atoms with Crippen molar-refractivity contribution < 1.29 is 9.47 Å². The molecule has 0 heterocycles. The quantitative estimate of drug-likeness (QED) is 0.614. The van der Waals surface area contributed by atoms with Crippen molar-refractivity contribution in [2.75, 3.05) is 7.11 Å². The van der Waals surface area contributed by atoms with Gasteiger partial charge in [0.25, 0.3) is 0 Å². The highest BCUT2D eigenvalue weighted by Crippen LogP contribution is 2.38. The molecule has 0 aliphatic rings. The molecule has 0 amide bonds. The molecule has 0 aliphatic carbocycles. The van der Waals surface area contributed by atoms with Crippen LogP contribution >= 0.6 is 15.9 Å². The second-order valence-corrected chi connectivity index (χ2v) is 6.01. The zero-order valence-corrected chi connectivity index (χ0v) is 14.2. The molecule has 0 N–H and O–H groups in total. The molecule has 0 fully saturated rings. The first-order valence-corrected chi connectivity index (χ1v) is 7.92. The maximum Gasteiger partial charge on any atom is 0.134 e. The normalized spacial score (nSPS) is 10.7. The molecule has 3 heteroatoms. The fraction of sp³-hybridized carbons (Fsp3) is 0.158. The summed E-state index contributed by atoms with van der Waals surface area (Å²) < 4.78 is 12.4. The zero-order chi connectivity index (χ0) is 15.5. The number of halogens is 1. The van der Waals surface area contributed by atoms with E-state index in [4.69, 9.17) is 9.47 Å². The van der Waals surface area contributed by atoms with Gasteiger partial charge in [0, 0.05) is 10.8 Å². The Morgan fingerprint density at radius 3 is 2.41 bits per heavy atom. The van der Waals surface area contributed by atoms with Crippen molar-refractivity contribution in [2.24, 2.45) is 0 Å². The Balaban J connectivity index is 1.96. The first-order chi connectivity index (χ1) is 10.7. The summed E-state index contributed by atoms with van der Waals surface area (Å²) in [5, 5.41) is 2.18. The Labute approximate surface area is 138 Å². The SMILES string of the molecule is COc1cc(C)cc2c(Br)c(OCc3ccccc3)ccc12. The van der Waals surface area contributed by atoms with Gasteiger partial charge in [0.2, 0.25) is 0 Å². The average Bonchev–Trinajstić information content (AvgIpc) is 2.55. The van der Waals surface area contributed by atoms with Gasteiger partial charge in [-0.2, -0.15) is 0 Å². The first-order valence-electron chi connectivity index (χ1n) is 7.12. The molecular weight excluding hydrogens is 340 g/mol. The lowest BCUT2D eigenvalue weighted by atomic mass is 10.1. The van der Waals surface area contributed by atoms with Crippen LogP contribution in [0.15, 0.2) is 59.1 Å². The van der Waals surface area contributed by atoms with Gasteiger partial charge in [-0.15, -0.1) is 0 Å². The van der Waals surface area contributed by atoms with Gasteiger partial charge < -0.3 is 9.47 Å². The van der Waals surface area contributed by atoms with E-state index < -0.39 is 0 Å². The summed E-state index contributed by atoms with van der Waals surface area (Å²) in [7, 11) is 1.70. The number of ether oxygens (including phenoxy) is 2. The summed E-state index contributed by atoms with van der Waals surface area (Å²) >= 11 is 3.67. The standard InChI is InChI=1S/C19H17BrO2/c1-13-10-16-15(18(11-13)21-2)8-9-17(19(16)20)22-12-14-6-4-3-5-7-14/h3-11H,12H2,1-2H3. The largest absolute Gasteiger partial charge is 0.496 e. The fourth-order valence-corrected chi connectivity index (χ4v) is 3.07. The van der Waals surface area contributed by atoms with E-state index in [9.17, 15) is 0 Å². The van der Waals surface area contributed by atoms with Crippen LogP contribution in [-0.2, 0) is 6.61 Å². The van der Waals surface area contributed by atoms with E-state index in [1.54, 1.807) is 7.11 Å². The van der Waals surface area contributed by atoms with E-state index in [1.807, 2.05) is 36.4 Å². The summed E-state index contributed by atoms with van der Waals surface area (Å²) in [6.45, 7) is 2.61. The monoisotopic (exact) mass is 356 g/mol. The van der Waals surface area contributed by atoms with Gasteiger partial charge in [-0.1, -0.05) is 30.3 Å². The third-order valence-electron chi connectivity index (χ3n) is 3.60. The van der Waals surface area contributed by atoms with Gasteiger partial charge in [-0.3, -0.25) is 0 Å². The Hall–Kier alpha value is -2.00. The number of hydrogen-bond donors (Lipinski definition) is 0. The summed E-state index contributed by atoms with van der Waals surface area (Å²) in [5.41, 5.74) is 2.31. The molecule has 112 valence electrons. The van der Waals surface area contributed by atoms with Crippen LogP contribution in [0.3, 0.4) is 0 Å². The molecule has 0 radical (unpaired) electrons. The highest BCUT2D eigenvalue weighted by molar-refractivity contribution is 9.10. The van der Waals surface area contributed by atoms with Crippen LogP contribution in [0.1, 0.15) is 11.1 Å². The second kappa shape index (κ2) is 6.41. The summed E-state index contributed by atoms with van der Waals surface area (Å²) in [6, 6.07) is 18.3. The molecule has 0 unspecified atom stereocenters. The predicted molar refractivity (Wildman–Crippen MR) is 93.7 cm³/mol. The Bertz CT molecular complexity index is 797. The van der Waals surface area contributed by atoms with Crippen LogP contribution in [0, 0.1) is 6.92 Å². The Kier molecular flexibility index (Phi) is 4.34. The van der Waals surface area contributed by atoms with Crippen LogP contribution in [0.25, 0.3) is 10.8 Å². The van der Waals surface area contributed by atoms with Gasteiger partial charge >= 0.3 is 0 Å². The molecule has 0 saturated carbocycles. The molecule has 0 aliphatic heterocycles. The maximum absolute atomic E-state index is 5.96. The lowest BCUT2D eigenvalue weighted by Gasteiger charge is -2.13. The smallest absolute Gasteiger partial charge is 0.134 e. The first kappa shape index (κ1) is 14.9. The van der Waals surface area contributed by atoms with E-state index in [1.165, 1.54) is 0 Å². The van der Waals surface area contributed by atoms with Gasteiger partial charge in [-0.05, 0) is 58.2 Å². The lowest BCUT2D eigenvalue weighted by molar-refractivity contribution is 0.305. The minimum Gasteiger partial charge on any atom is -0.496 e. The molecule has 2 nitrogen and oxygen atoms in total. The molecule has 0 saturated heterocycles. The maximum atomic E-state index is 5.96. The van der Waals surface area contributed by atoms with Crippen molar-refractivity contribution in [3.63, 3.8) is 0 Å². The number of benzene rings is 3. The van der Waals surface area contributed by atoms with E-state index in [-0.39, 0.29) is 0 Å². The summed E-state index contributed by atoms with van der Waals surface area (Å²) in [4.78, 5) is 0. The molecule has 0 aromatic heterocycles. The van der Waals surface area contributed by atoms with Gasteiger partial charge in [0.1, 0.15) is 18.1 Å². The molecule has 0 bridgehead atoms. The summed E-state index contributed by atoms with van der Waals surface area (Å²) in [5.74, 6) is 1.72. The van der Waals surface area contributed by atoms with Crippen molar-refractivity contribution in [1.29, 1.82) is 0 Å². The highest BCUT2D eigenvalue weighted by atomic mass is 79.9. The van der Waals surface area contributed by atoms with E-state index in [0.717, 1.165) is 37.9 Å². The van der Waals surface area contributed by atoms with Crippen molar-refractivity contribution in [1.82, 2.24) is 0 Å². The topological polar surface area (TPSA) is 18.5 Å². The molecule has 22 heavy (non-hydrogen) atoms. The van der Waals surface area contributed by atoms with Crippen LogP contribution in [0.4, 0.5) is 0 Å². The van der Waals surface area contributed by atoms with Crippen molar-refractivity contribution >= 4 is 26.7 Å². The third kappa shape index (κ3) is 2.95. The lowest BCUT2D eigenvalue weighted by Crippen LogP contribution is -1.96. The van der Waals surface area contributed by atoms with E-state index >= 15 is 0 Å². The number of methoxy groups -OCH3 is 1. The van der Waals surface area contributed by atoms with Gasteiger partial charge in [0.05, 0.1) is 11.6 Å². The molecule has 0 spiro atoms. The molecule has 3 rings (SSSR count). The second-order valence-electron chi connectivity index (χ2n) is 5.21. The fourth-order valence-electron chi connectivity index (χ4n) is 2.50. The van der Waals surface area contributed by atoms with Crippen LogP contribution in [-0.4, -0.2) is 7.11 Å². The molecule has 3 aromatic rings. The van der Waals surface area contributed by atoms with Crippen molar-refractivity contribution in [2.45, 2.75) is 13.5 Å². The van der Waals surface area contributed by atoms with Crippen molar-refractivity contribution in [3.8, 4) is 11.5 Å². The molecule has 0 atom stereocenters. The predicted octanol–water partition coefficient (Wildman–Crippen LogP) is 5.50. The van der Waals surface area contributed by atoms with Gasteiger partial charge in [0.15, 0.2) is 0 Å². The van der Waals surface area contributed by atoms with Crippen LogP contribution in [0.2, 0.25) is 0 Å². The minimum absolute atomic E-state index is 0.550. The van der Waals surface area contributed by atoms with Crippen LogP contribution < -0.4 is 9.47 Å². The summed E-state index contributed by atoms with van der Waals surface area (Å²) in [6.07, 6.45) is 0. The number of fused-ring (bicyclic) bond motifs is 1. The number of rotatable bonds is 4. The number of aryl methyl sites for hydroxylation is 1. The van der Waals surface area contributed by atoms with E-state index in [0.29, 0.717) is 6.61 Å². The highest BCUT2D eigenvalue weighted by Gasteiger charge is 2.10. The third-order valence-corrected chi connectivity index (χ3v) is 4.42. The van der Waals surface area contributed by atoms with Crippen molar-refractivity contribution in [3.05, 3.63) is 70.2 Å². The Morgan fingerprint density at radius 2 is 1.68 bits per heavy atom. The average molecular weight is 357 g/mol.